The Kier molecular flexibility index (Phi) is 4.88. The van der Waals surface area contributed by atoms with Crippen LogP contribution in [0.25, 0.3) is 0 Å². The molecule has 7 heteroatoms. The fourth-order valence-corrected chi connectivity index (χ4v) is 3.30. The molecule has 1 amide bonds. The third kappa shape index (κ3) is 3.86. The fraction of sp³-hybridized carbons (Fsp3) is 0.375. The van der Waals surface area contributed by atoms with Crippen LogP contribution in [0.15, 0.2) is 29.8 Å². The monoisotopic (exact) mass is 334 g/mol. The molecule has 0 bridgehead atoms. The molecule has 1 aliphatic rings. The predicted octanol–water partition coefficient (Wildman–Crippen LogP) is 2.35. The van der Waals surface area contributed by atoms with Crippen molar-refractivity contribution >= 4 is 28.1 Å². The Hall–Kier alpha value is -1.99. The van der Waals surface area contributed by atoms with Crippen molar-refractivity contribution in [2.75, 3.05) is 42.9 Å². The first kappa shape index (κ1) is 15.9. The number of nitrogens with one attached hydrogen (secondary N) is 1. The first-order chi connectivity index (χ1) is 11.1. The van der Waals surface area contributed by atoms with Gasteiger partial charge < -0.3 is 10.2 Å². The van der Waals surface area contributed by atoms with Crippen LogP contribution in [-0.2, 0) is 4.79 Å². The van der Waals surface area contributed by atoms with Gasteiger partial charge in [-0.05, 0) is 19.1 Å². The Labute approximate surface area is 138 Å². The van der Waals surface area contributed by atoms with Crippen LogP contribution in [0.4, 0.5) is 15.2 Å². The summed E-state index contributed by atoms with van der Waals surface area (Å²) in [4.78, 5) is 20.8. The number of carbonyl (C=O) groups is 1. The van der Waals surface area contributed by atoms with Crippen LogP contribution in [0, 0.1) is 12.7 Å². The quantitative estimate of drug-likeness (QED) is 0.932. The van der Waals surface area contributed by atoms with E-state index in [1.807, 2.05) is 5.38 Å². The standard InChI is InChI=1S/C16H19FN4OS/c1-12-13(17)3-2-4-14(12)19-15(22)11-20-6-8-21(9-7-20)16-18-5-10-23-16/h2-5,10H,6-9,11H2,1H3,(H,19,22). The maximum Gasteiger partial charge on any atom is 0.238 e. The molecule has 0 saturated carbocycles. The van der Waals surface area contributed by atoms with E-state index in [0.29, 0.717) is 17.8 Å². The third-order valence-electron chi connectivity index (χ3n) is 3.97. The van der Waals surface area contributed by atoms with Crippen molar-refractivity contribution in [1.29, 1.82) is 0 Å². The highest BCUT2D eigenvalue weighted by molar-refractivity contribution is 7.13. The summed E-state index contributed by atoms with van der Waals surface area (Å²) >= 11 is 1.63. The lowest BCUT2D eigenvalue weighted by Gasteiger charge is -2.34. The van der Waals surface area contributed by atoms with Crippen molar-refractivity contribution in [1.82, 2.24) is 9.88 Å². The number of halogens is 1. The molecule has 1 N–H and O–H groups in total. The first-order valence-electron chi connectivity index (χ1n) is 7.55. The fourth-order valence-electron chi connectivity index (χ4n) is 2.61. The zero-order valence-electron chi connectivity index (χ0n) is 13.0. The minimum absolute atomic E-state index is 0.110. The number of anilines is 2. The minimum atomic E-state index is -0.306. The third-order valence-corrected chi connectivity index (χ3v) is 4.80. The molecule has 1 aliphatic heterocycles. The second-order valence-electron chi connectivity index (χ2n) is 5.54. The van der Waals surface area contributed by atoms with Gasteiger partial charge in [-0.3, -0.25) is 9.69 Å². The van der Waals surface area contributed by atoms with E-state index in [0.717, 1.165) is 31.3 Å². The van der Waals surface area contributed by atoms with Gasteiger partial charge in [0, 0.05) is 49.0 Å². The largest absolute Gasteiger partial charge is 0.346 e. The lowest BCUT2D eigenvalue weighted by molar-refractivity contribution is -0.117. The van der Waals surface area contributed by atoms with Crippen LogP contribution in [0.3, 0.4) is 0 Å². The Morgan fingerprint density at radius 2 is 2.13 bits per heavy atom. The number of thiazole rings is 1. The molecule has 1 saturated heterocycles. The number of nitrogens with zero attached hydrogens (tertiary/aromatic N) is 3. The van der Waals surface area contributed by atoms with Gasteiger partial charge in [0.2, 0.25) is 5.91 Å². The Bertz CT molecular complexity index is 669. The summed E-state index contributed by atoms with van der Waals surface area (Å²) in [5, 5.41) is 5.79. The SMILES string of the molecule is Cc1c(F)cccc1NC(=O)CN1CCN(c2nccs2)CC1. The normalized spacial score (nSPS) is 15.7. The maximum atomic E-state index is 13.5. The van der Waals surface area contributed by atoms with E-state index in [1.54, 1.807) is 36.6 Å². The Balaban J connectivity index is 1.50. The summed E-state index contributed by atoms with van der Waals surface area (Å²) in [5.41, 5.74) is 1.01. The van der Waals surface area contributed by atoms with Gasteiger partial charge in [-0.15, -0.1) is 11.3 Å². The van der Waals surface area contributed by atoms with E-state index in [4.69, 9.17) is 0 Å². The van der Waals surface area contributed by atoms with Crippen molar-refractivity contribution in [3.05, 3.63) is 41.2 Å². The smallest absolute Gasteiger partial charge is 0.238 e. The Morgan fingerprint density at radius 3 is 2.83 bits per heavy atom. The van der Waals surface area contributed by atoms with Crippen molar-refractivity contribution in [2.24, 2.45) is 0 Å². The van der Waals surface area contributed by atoms with Crippen LogP contribution >= 0.6 is 11.3 Å². The molecular weight excluding hydrogens is 315 g/mol. The van der Waals surface area contributed by atoms with Crippen LogP contribution in [-0.4, -0.2) is 48.5 Å². The lowest BCUT2D eigenvalue weighted by Crippen LogP contribution is -2.48. The molecule has 122 valence electrons. The Morgan fingerprint density at radius 1 is 1.35 bits per heavy atom. The highest BCUT2D eigenvalue weighted by atomic mass is 32.1. The molecule has 0 radical (unpaired) electrons. The number of carbonyl (C=O) groups excluding carboxylic acids is 1. The van der Waals surface area contributed by atoms with E-state index in [-0.39, 0.29) is 11.7 Å². The number of benzene rings is 1. The molecule has 0 spiro atoms. The van der Waals surface area contributed by atoms with Crippen molar-refractivity contribution in [3.63, 3.8) is 0 Å². The second-order valence-corrected chi connectivity index (χ2v) is 6.41. The summed E-state index contributed by atoms with van der Waals surface area (Å²) in [6.07, 6.45) is 1.81. The molecule has 5 nitrogen and oxygen atoms in total. The van der Waals surface area contributed by atoms with Gasteiger partial charge >= 0.3 is 0 Å². The summed E-state index contributed by atoms with van der Waals surface area (Å²) < 4.78 is 13.5. The van der Waals surface area contributed by atoms with Crippen molar-refractivity contribution in [2.45, 2.75) is 6.92 Å². The summed E-state index contributed by atoms with van der Waals surface area (Å²) in [6, 6.07) is 4.71. The molecule has 0 atom stereocenters. The van der Waals surface area contributed by atoms with Gasteiger partial charge in [-0.2, -0.15) is 0 Å². The molecule has 0 unspecified atom stereocenters. The van der Waals surface area contributed by atoms with Gasteiger partial charge in [0.05, 0.1) is 6.54 Å². The lowest BCUT2D eigenvalue weighted by atomic mass is 10.2. The van der Waals surface area contributed by atoms with Crippen molar-refractivity contribution in [3.8, 4) is 0 Å². The molecular formula is C16H19FN4OS. The molecule has 23 heavy (non-hydrogen) atoms. The predicted molar refractivity (Wildman–Crippen MR) is 90.5 cm³/mol. The molecule has 1 aromatic carbocycles. The number of rotatable bonds is 4. The van der Waals surface area contributed by atoms with Gasteiger partial charge in [-0.1, -0.05) is 6.07 Å². The maximum absolute atomic E-state index is 13.5. The molecule has 2 aromatic rings. The van der Waals surface area contributed by atoms with Crippen LogP contribution < -0.4 is 10.2 Å². The van der Waals surface area contributed by atoms with Crippen molar-refractivity contribution < 1.29 is 9.18 Å². The average molecular weight is 334 g/mol. The van der Waals surface area contributed by atoms with Crippen LogP contribution in [0.1, 0.15) is 5.56 Å². The van der Waals surface area contributed by atoms with E-state index in [1.165, 1.54) is 6.07 Å². The highest BCUT2D eigenvalue weighted by Crippen LogP contribution is 2.19. The molecule has 1 aromatic heterocycles. The topological polar surface area (TPSA) is 48.5 Å². The molecule has 3 rings (SSSR count). The molecule has 2 heterocycles. The summed E-state index contributed by atoms with van der Waals surface area (Å²) in [7, 11) is 0. The van der Waals surface area contributed by atoms with E-state index in [2.05, 4.69) is 20.1 Å². The van der Waals surface area contributed by atoms with Gasteiger partial charge in [0.1, 0.15) is 5.82 Å². The number of aromatic nitrogens is 1. The van der Waals surface area contributed by atoms with Gasteiger partial charge in [0.25, 0.3) is 0 Å². The first-order valence-corrected chi connectivity index (χ1v) is 8.43. The summed E-state index contributed by atoms with van der Waals surface area (Å²) in [6.45, 7) is 5.34. The number of piperazine rings is 1. The number of amides is 1. The zero-order chi connectivity index (χ0) is 16.2. The van der Waals surface area contributed by atoms with E-state index >= 15 is 0 Å². The highest BCUT2D eigenvalue weighted by Gasteiger charge is 2.20. The molecule has 0 aliphatic carbocycles. The van der Waals surface area contributed by atoms with E-state index in [9.17, 15) is 9.18 Å². The van der Waals surface area contributed by atoms with Gasteiger partial charge in [0.15, 0.2) is 5.13 Å². The average Bonchev–Trinajstić information content (AvgIpc) is 3.07. The number of hydrogen-bond acceptors (Lipinski definition) is 5. The molecule has 1 fully saturated rings. The summed E-state index contributed by atoms with van der Waals surface area (Å²) in [5.74, 6) is -0.415. The zero-order valence-corrected chi connectivity index (χ0v) is 13.8. The van der Waals surface area contributed by atoms with Crippen LogP contribution in [0.5, 0.6) is 0 Å². The van der Waals surface area contributed by atoms with Crippen LogP contribution in [0.2, 0.25) is 0 Å². The second kappa shape index (κ2) is 7.06. The van der Waals surface area contributed by atoms with E-state index < -0.39 is 0 Å². The number of hydrogen-bond donors (Lipinski definition) is 1. The minimum Gasteiger partial charge on any atom is -0.346 e. The van der Waals surface area contributed by atoms with Gasteiger partial charge in [-0.25, -0.2) is 9.37 Å².